The number of dihydropyridines is 1. The van der Waals surface area contributed by atoms with E-state index in [1.807, 2.05) is 0 Å². The molecule has 0 aromatic carbocycles. The topological polar surface area (TPSA) is 61.9 Å². The maximum atomic E-state index is 12.8. The standard InChI is InChI=1S/C17H24F3N3O3S/c1-12-14(4-5-15(21-12)17(18,19)20)27(24,25)23-10-16(11-23)8-22(9-16)13-3-2-6-26-7-13/h5,13,21H,2-4,6-11H2,1H3/t13-/m1/s1. The number of halogens is 3. The zero-order chi connectivity index (χ0) is 19.4. The van der Waals surface area contributed by atoms with Gasteiger partial charge in [-0.2, -0.15) is 17.5 Å². The lowest BCUT2D eigenvalue weighted by Gasteiger charge is -2.61. The SMILES string of the molecule is CC1=C(S(=O)(=O)N2CC3(CN([C@@H]4CCCOC4)C3)C2)CC=C(C(F)(F)F)N1. The van der Waals surface area contributed by atoms with Crippen LogP contribution in [0.25, 0.3) is 0 Å². The van der Waals surface area contributed by atoms with Gasteiger partial charge >= 0.3 is 6.18 Å². The fraction of sp³-hybridized carbons (Fsp3) is 0.765. The van der Waals surface area contributed by atoms with Crippen LogP contribution < -0.4 is 5.32 Å². The Morgan fingerprint density at radius 1 is 1.26 bits per heavy atom. The lowest BCUT2D eigenvalue weighted by atomic mass is 9.73. The molecule has 4 rings (SSSR count). The number of hydrogen-bond donors (Lipinski definition) is 1. The summed E-state index contributed by atoms with van der Waals surface area (Å²) in [6, 6.07) is 0.424. The summed E-state index contributed by atoms with van der Waals surface area (Å²) >= 11 is 0. The van der Waals surface area contributed by atoms with E-state index in [0.29, 0.717) is 19.1 Å². The van der Waals surface area contributed by atoms with E-state index < -0.39 is 21.9 Å². The predicted molar refractivity (Wildman–Crippen MR) is 92.9 cm³/mol. The van der Waals surface area contributed by atoms with Crippen molar-refractivity contribution < 1.29 is 26.3 Å². The lowest BCUT2D eigenvalue weighted by molar-refractivity contribution is -0.122. The molecule has 0 radical (unpaired) electrons. The highest BCUT2D eigenvalue weighted by Gasteiger charge is 2.56. The van der Waals surface area contributed by atoms with Gasteiger partial charge in [0.05, 0.1) is 11.5 Å². The number of allylic oxidation sites excluding steroid dienone is 4. The van der Waals surface area contributed by atoms with Gasteiger partial charge in [0, 0.05) is 56.4 Å². The van der Waals surface area contributed by atoms with Gasteiger partial charge in [-0.3, -0.25) is 4.90 Å². The minimum absolute atomic E-state index is 0.00591. The van der Waals surface area contributed by atoms with Gasteiger partial charge in [-0.15, -0.1) is 0 Å². The molecule has 0 aromatic heterocycles. The van der Waals surface area contributed by atoms with Crippen molar-refractivity contribution in [1.82, 2.24) is 14.5 Å². The van der Waals surface area contributed by atoms with Gasteiger partial charge in [0.15, 0.2) is 0 Å². The number of ether oxygens (including phenoxy) is 1. The van der Waals surface area contributed by atoms with E-state index >= 15 is 0 Å². The molecule has 1 atom stereocenters. The summed E-state index contributed by atoms with van der Waals surface area (Å²) < 4.78 is 70.9. The summed E-state index contributed by atoms with van der Waals surface area (Å²) in [6.45, 7) is 5.54. The minimum Gasteiger partial charge on any atom is -0.380 e. The van der Waals surface area contributed by atoms with Crippen LogP contribution in [0.1, 0.15) is 26.2 Å². The molecule has 0 unspecified atom stereocenters. The van der Waals surface area contributed by atoms with E-state index in [1.165, 1.54) is 11.2 Å². The maximum Gasteiger partial charge on any atom is 0.430 e. The van der Waals surface area contributed by atoms with E-state index in [-0.39, 0.29) is 22.4 Å². The third-order valence-electron chi connectivity index (χ3n) is 5.94. The Labute approximate surface area is 157 Å². The van der Waals surface area contributed by atoms with Gasteiger partial charge in [-0.25, -0.2) is 8.42 Å². The molecule has 0 aliphatic carbocycles. The van der Waals surface area contributed by atoms with E-state index in [9.17, 15) is 21.6 Å². The minimum atomic E-state index is -4.50. The van der Waals surface area contributed by atoms with Gasteiger partial charge in [-0.1, -0.05) is 6.08 Å². The molecule has 4 aliphatic heterocycles. The fourth-order valence-corrected chi connectivity index (χ4v) is 6.40. The van der Waals surface area contributed by atoms with Crippen LogP contribution in [0.15, 0.2) is 22.4 Å². The molecule has 3 saturated heterocycles. The predicted octanol–water partition coefficient (Wildman–Crippen LogP) is 1.78. The first-order chi connectivity index (χ1) is 12.6. The van der Waals surface area contributed by atoms with Crippen molar-refractivity contribution in [2.45, 2.75) is 38.4 Å². The van der Waals surface area contributed by atoms with Gasteiger partial charge < -0.3 is 10.1 Å². The lowest BCUT2D eigenvalue weighted by Crippen LogP contribution is -2.74. The van der Waals surface area contributed by atoms with Crippen LogP contribution >= 0.6 is 0 Å². The van der Waals surface area contributed by atoms with Crippen LogP contribution in [0, 0.1) is 5.41 Å². The van der Waals surface area contributed by atoms with Crippen molar-refractivity contribution in [3.8, 4) is 0 Å². The highest BCUT2D eigenvalue weighted by atomic mass is 32.2. The van der Waals surface area contributed by atoms with Crippen molar-refractivity contribution in [2.75, 3.05) is 39.4 Å². The summed E-state index contributed by atoms with van der Waals surface area (Å²) in [4.78, 5) is 2.39. The fourth-order valence-electron chi connectivity index (χ4n) is 4.47. The van der Waals surface area contributed by atoms with Crippen LogP contribution in [0.2, 0.25) is 0 Å². The van der Waals surface area contributed by atoms with E-state index in [2.05, 4.69) is 10.2 Å². The van der Waals surface area contributed by atoms with Gasteiger partial charge in [0.25, 0.3) is 0 Å². The summed E-state index contributed by atoms with van der Waals surface area (Å²) in [5.41, 5.74) is -0.850. The van der Waals surface area contributed by atoms with Crippen LogP contribution in [-0.2, 0) is 14.8 Å². The zero-order valence-electron chi connectivity index (χ0n) is 15.2. The number of sulfonamides is 1. The number of nitrogens with one attached hydrogen (secondary N) is 1. The average Bonchev–Trinajstić information content (AvgIpc) is 2.52. The molecular formula is C17H24F3N3O3S. The number of alkyl halides is 3. The molecule has 0 bridgehead atoms. The van der Waals surface area contributed by atoms with Gasteiger partial charge in [-0.05, 0) is 19.8 Å². The molecule has 152 valence electrons. The number of nitrogens with zero attached hydrogens (tertiary/aromatic N) is 2. The second kappa shape index (κ2) is 6.47. The summed E-state index contributed by atoms with van der Waals surface area (Å²) in [6.07, 6.45) is -1.66. The molecule has 0 amide bonds. The van der Waals surface area contributed by atoms with Crippen molar-refractivity contribution in [3.05, 3.63) is 22.4 Å². The molecule has 0 aromatic rings. The van der Waals surface area contributed by atoms with Crippen molar-refractivity contribution >= 4 is 10.0 Å². The average molecular weight is 407 g/mol. The molecule has 4 aliphatic rings. The molecule has 6 nitrogen and oxygen atoms in total. The highest BCUT2D eigenvalue weighted by Crippen LogP contribution is 2.44. The third kappa shape index (κ3) is 3.41. The van der Waals surface area contributed by atoms with Crippen LogP contribution in [0.3, 0.4) is 0 Å². The molecule has 1 N–H and O–H groups in total. The Balaban J connectivity index is 1.36. The molecule has 3 fully saturated rings. The molecule has 0 saturated carbocycles. The second-order valence-corrected chi connectivity index (χ2v) is 10.0. The first-order valence-electron chi connectivity index (χ1n) is 9.17. The molecule has 27 heavy (non-hydrogen) atoms. The Morgan fingerprint density at radius 3 is 2.52 bits per heavy atom. The Hall–Kier alpha value is -1.10. The van der Waals surface area contributed by atoms with E-state index in [0.717, 1.165) is 45.2 Å². The number of hydrogen-bond acceptors (Lipinski definition) is 5. The molecule has 4 heterocycles. The number of likely N-dealkylation sites (tertiary alicyclic amines) is 1. The molecule has 10 heteroatoms. The van der Waals surface area contributed by atoms with Crippen molar-refractivity contribution in [2.24, 2.45) is 5.41 Å². The van der Waals surface area contributed by atoms with Crippen LogP contribution in [-0.4, -0.2) is 69.2 Å². The Bertz CT molecular complexity index is 771. The second-order valence-electron chi connectivity index (χ2n) is 8.04. The first-order valence-corrected chi connectivity index (χ1v) is 10.6. The molecular weight excluding hydrogens is 383 g/mol. The largest absolute Gasteiger partial charge is 0.430 e. The monoisotopic (exact) mass is 407 g/mol. The Morgan fingerprint density at radius 2 is 1.96 bits per heavy atom. The summed E-state index contributed by atoms with van der Waals surface area (Å²) in [5.74, 6) is 0. The van der Waals surface area contributed by atoms with Gasteiger partial charge in [0.1, 0.15) is 5.70 Å². The summed E-state index contributed by atoms with van der Waals surface area (Å²) in [7, 11) is -3.74. The van der Waals surface area contributed by atoms with E-state index in [4.69, 9.17) is 4.74 Å². The summed E-state index contributed by atoms with van der Waals surface area (Å²) in [5, 5.41) is 2.20. The molecule has 1 spiro atoms. The van der Waals surface area contributed by atoms with Crippen LogP contribution in [0.5, 0.6) is 0 Å². The van der Waals surface area contributed by atoms with E-state index in [1.54, 1.807) is 0 Å². The maximum absolute atomic E-state index is 12.8. The smallest absolute Gasteiger partial charge is 0.380 e. The quantitative estimate of drug-likeness (QED) is 0.773. The van der Waals surface area contributed by atoms with Crippen molar-refractivity contribution in [3.63, 3.8) is 0 Å². The highest BCUT2D eigenvalue weighted by molar-refractivity contribution is 7.93. The normalized spacial score (nSPS) is 29.8. The Kier molecular flexibility index (Phi) is 4.60. The first kappa shape index (κ1) is 19.2. The number of rotatable bonds is 3. The van der Waals surface area contributed by atoms with Crippen LogP contribution in [0.4, 0.5) is 13.2 Å². The zero-order valence-corrected chi connectivity index (χ0v) is 16.0. The van der Waals surface area contributed by atoms with Gasteiger partial charge in [0.2, 0.25) is 10.0 Å². The van der Waals surface area contributed by atoms with Crippen molar-refractivity contribution in [1.29, 1.82) is 0 Å². The third-order valence-corrected chi connectivity index (χ3v) is 7.98.